The highest BCUT2D eigenvalue weighted by molar-refractivity contribution is 6.02. The van der Waals surface area contributed by atoms with E-state index in [9.17, 15) is 9.18 Å². The fraction of sp³-hybridized carbons (Fsp3) is 0.353. The molecule has 1 aromatic heterocycles. The summed E-state index contributed by atoms with van der Waals surface area (Å²) in [5, 5.41) is 2.65. The third-order valence-corrected chi connectivity index (χ3v) is 3.90. The number of piperidine rings is 1. The first-order valence-electron chi connectivity index (χ1n) is 7.77. The standard InChI is InChI=1S/C17H19FN4O/c1-12-4-3-9-22(11-12)17-19-8-7-15(21-17)16(23)20-14-6-2-5-13(18)10-14/h2,5-8,10,12H,3-4,9,11H2,1H3,(H,20,23). The lowest BCUT2D eigenvalue weighted by Crippen LogP contribution is -2.35. The first kappa shape index (κ1) is 15.4. The molecule has 3 rings (SSSR count). The summed E-state index contributed by atoms with van der Waals surface area (Å²) in [6.45, 7) is 4.00. The van der Waals surface area contributed by atoms with Gasteiger partial charge in [-0.05, 0) is 43.0 Å². The largest absolute Gasteiger partial charge is 0.341 e. The quantitative estimate of drug-likeness (QED) is 0.946. The molecule has 1 saturated heterocycles. The van der Waals surface area contributed by atoms with Crippen molar-refractivity contribution in [3.8, 4) is 0 Å². The predicted molar refractivity (Wildman–Crippen MR) is 87.0 cm³/mol. The number of carbonyl (C=O) groups is 1. The number of benzene rings is 1. The van der Waals surface area contributed by atoms with Crippen LogP contribution >= 0.6 is 0 Å². The third-order valence-electron chi connectivity index (χ3n) is 3.90. The predicted octanol–water partition coefficient (Wildman–Crippen LogP) is 3.10. The number of hydrogen-bond acceptors (Lipinski definition) is 4. The minimum absolute atomic E-state index is 0.275. The molecule has 1 N–H and O–H groups in total. The number of rotatable bonds is 3. The fourth-order valence-electron chi connectivity index (χ4n) is 2.76. The van der Waals surface area contributed by atoms with E-state index in [1.165, 1.54) is 18.6 Å². The maximum absolute atomic E-state index is 13.2. The molecule has 1 aromatic carbocycles. The molecule has 120 valence electrons. The third kappa shape index (κ3) is 3.83. The average molecular weight is 314 g/mol. The highest BCUT2D eigenvalue weighted by atomic mass is 19.1. The summed E-state index contributed by atoms with van der Waals surface area (Å²) in [4.78, 5) is 23.0. The van der Waals surface area contributed by atoms with Crippen molar-refractivity contribution in [2.45, 2.75) is 19.8 Å². The van der Waals surface area contributed by atoms with Crippen LogP contribution in [0.5, 0.6) is 0 Å². The molecule has 1 fully saturated rings. The first-order chi connectivity index (χ1) is 11.1. The Labute approximate surface area is 134 Å². The molecule has 0 radical (unpaired) electrons. The summed E-state index contributed by atoms with van der Waals surface area (Å²) >= 11 is 0. The molecule has 0 saturated carbocycles. The van der Waals surface area contributed by atoms with Crippen LogP contribution in [-0.2, 0) is 0 Å². The van der Waals surface area contributed by atoms with Gasteiger partial charge in [-0.2, -0.15) is 0 Å². The molecule has 1 amide bonds. The van der Waals surface area contributed by atoms with Crippen LogP contribution in [0.15, 0.2) is 36.5 Å². The van der Waals surface area contributed by atoms with E-state index in [0.29, 0.717) is 17.6 Å². The molecule has 1 aliphatic rings. The number of anilines is 2. The molecule has 5 nitrogen and oxygen atoms in total. The number of halogens is 1. The fourth-order valence-corrected chi connectivity index (χ4v) is 2.76. The van der Waals surface area contributed by atoms with E-state index >= 15 is 0 Å². The topological polar surface area (TPSA) is 58.1 Å². The van der Waals surface area contributed by atoms with Gasteiger partial charge < -0.3 is 10.2 Å². The second kappa shape index (κ2) is 6.73. The smallest absolute Gasteiger partial charge is 0.274 e. The molecule has 0 aliphatic carbocycles. The monoisotopic (exact) mass is 314 g/mol. The minimum Gasteiger partial charge on any atom is -0.341 e. The van der Waals surface area contributed by atoms with E-state index in [0.717, 1.165) is 19.5 Å². The van der Waals surface area contributed by atoms with Crippen LogP contribution < -0.4 is 10.2 Å². The summed E-state index contributed by atoms with van der Waals surface area (Å²) in [5.74, 6) is 0.401. The van der Waals surface area contributed by atoms with Crippen molar-refractivity contribution in [2.75, 3.05) is 23.3 Å². The number of amides is 1. The molecular weight excluding hydrogens is 295 g/mol. The number of carbonyl (C=O) groups excluding carboxylic acids is 1. The van der Waals surface area contributed by atoms with Gasteiger partial charge in [0.05, 0.1) is 0 Å². The van der Waals surface area contributed by atoms with E-state index in [1.54, 1.807) is 24.4 Å². The number of aromatic nitrogens is 2. The van der Waals surface area contributed by atoms with Crippen molar-refractivity contribution in [1.29, 1.82) is 0 Å². The Bertz CT molecular complexity index is 706. The van der Waals surface area contributed by atoms with Gasteiger partial charge in [0, 0.05) is 25.0 Å². The zero-order valence-electron chi connectivity index (χ0n) is 13.0. The van der Waals surface area contributed by atoms with Gasteiger partial charge in [-0.3, -0.25) is 4.79 Å². The summed E-state index contributed by atoms with van der Waals surface area (Å²) in [6, 6.07) is 7.34. The van der Waals surface area contributed by atoms with E-state index in [-0.39, 0.29) is 11.6 Å². The molecule has 2 heterocycles. The van der Waals surface area contributed by atoms with E-state index in [4.69, 9.17) is 0 Å². The lowest BCUT2D eigenvalue weighted by atomic mass is 10.0. The molecule has 0 spiro atoms. The van der Waals surface area contributed by atoms with Crippen molar-refractivity contribution < 1.29 is 9.18 Å². The van der Waals surface area contributed by atoms with Gasteiger partial charge in [-0.15, -0.1) is 0 Å². The maximum atomic E-state index is 13.2. The molecule has 1 aliphatic heterocycles. The average Bonchev–Trinajstić information content (AvgIpc) is 2.55. The van der Waals surface area contributed by atoms with Crippen LogP contribution in [0.1, 0.15) is 30.3 Å². The molecule has 23 heavy (non-hydrogen) atoms. The molecule has 1 unspecified atom stereocenters. The summed E-state index contributed by atoms with van der Waals surface area (Å²) < 4.78 is 13.2. The second-order valence-corrected chi connectivity index (χ2v) is 5.90. The Morgan fingerprint density at radius 2 is 2.26 bits per heavy atom. The highest BCUT2D eigenvalue weighted by Gasteiger charge is 2.19. The van der Waals surface area contributed by atoms with Crippen LogP contribution in [-0.4, -0.2) is 29.0 Å². The van der Waals surface area contributed by atoms with Gasteiger partial charge in [0.2, 0.25) is 5.95 Å². The maximum Gasteiger partial charge on any atom is 0.274 e. The van der Waals surface area contributed by atoms with Gasteiger partial charge in [0.15, 0.2) is 0 Å². The van der Waals surface area contributed by atoms with Crippen LogP contribution in [0.3, 0.4) is 0 Å². The zero-order chi connectivity index (χ0) is 16.2. The van der Waals surface area contributed by atoms with Crippen molar-refractivity contribution in [3.05, 3.63) is 48.0 Å². The molecule has 2 aromatic rings. The van der Waals surface area contributed by atoms with Gasteiger partial charge >= 0.3 is 0 Å². The van der Waals surface area contributed by atoms with Gasteiger partial charge in [-0.1, -0.05) is 13.0 Å². The Morgan fingerprint density at radius 3 is 3.04 bits per heavy atom. The first-order valence-corrected chi connectivity index (χ1v) is 7.77. The Kier molecular flexibility index (Phi) is 4.50. The van der Waals surface area contributed by atoms with Crippen LogP contribution in [0, 0.1) is 11.7 Å². The Balaban J connectivity index is 1.75. The number of nitrogens with zero attached hydrogens (tertiary/aromatic N) is 3. The zero-order valence-corrected chi connectivity index (χ0v) is 13.0. The Morgan fingerprint density at radius 1 is 1.39 bits per heavy atom. The van der Waals surface area contributed by atoms with Gasteiger partial charge in [-0.25, -0.2) is 14.4 Å². The van der Waals surface area contributed by atoms with Crippen LogP contribution in [0.4, 0.5) is 16.0 Å². The lowest BCUT2D eigenvalue weighted by Gasteiger charge is -2.30. The molecule has 1 atom stereocenters. The van der Waals surface area contributed by atoms with Crippen molar-refractivity contribution in [2.24, 2.45) is 5.92 Å². The van der Waals surface area contributed by atoms with Gasteiger partial charge in [0.25, 0.3) is 5.91 Å². The summed E-state index contributed by atoms with van der Waals surface area (Å²) in [7, 11) is 0. The molecular formula is C17H19FN4O. The molecule has 0 bridgehead atoms. The normalized spacial score (nSPS) is 17.8. The summed E-state index contributed by atoms with van der Waals surface area (Å²) in [5.41, 5.74) is 0.680. The van der Waals surface area contributed by atoms with Gasteiger partial charge in [0.1, 0.15) is 11.5 Å². The Hall–Kier alpha value is -2.50. The summed E-state index contributed by atoms with van der Waals surface area (Å²) in [6.07, 6.45) is 3.89. The molecule has 6 heteroatoms. The van der Waals surface area contributed by atoms with E-state index in [1.807, 2.05) is 0 Å². The van der Waals surface area contributed by atoms with Crippen molar-refractivity contribution in [3.63, 3.8) is 0 Å². The van der Waals surface area contributed by atoms with Crippen LogP contribution in [0.25, 0.3) is 0 Å². The highest BCUT2D eigenvalue weighted by Crippen LogP contribution is 2.20. The number of nitrogens with one attached hydrogen (secondary N) is 1. The van der Waals surface area contributed by atoms with Crippen LogP contribution in [0.2, 0.25) is 0 Å². The van der Waals surface area contributed by atoms with Crippen molar-refractivity contribution >= 4 is 17.5 Å². The lowest BCUT2D eigenvalue weighted by molar-refractivity contribution is 0.102. The minimum atomic E-state index is -0.395. The van der Waals surface area contributed by atoms with Crippen molar-refractivity contribution in [1.82, 2.24) is 9.97 Å². The van der Waals surface area contributed by atoms with E-state index < -0.39 is 5.82 Å². The number of hydrogen-bond donors (Lipinski definition) is 1. The SMILES string of the molecule is CC1CCCN(c2nccc(C(=O)Nc3cccc(F)c3)n2)C1. The second-order valence-electron chi connectivity index (χ2n) is 5.90. The van der Waals surface area contributed by atoms with E-state index in [2.05, 4.69) is 27.1 Å².